The molecule has 4 aromatic carbocycles. The molecule has 0 radical (unpaired) electrons. The SMILES string of the molecule is c1ccc(N(c2ccccc2)c2ccc(-c3c4c5ccccc5[nH]c4n4ccccc34)cc2)cc1. The van der Waals surface area contributed by atoms with Crippen LogP contribution in [0.5, 0.6) is 0 Å². The summed E-state index contributed by atoms with van der Waals surface area (Å²) in [5, 5.41) is 2.52. The number of hydrogen-bond donors (Lipinski definition) is 1. The molecule has 3 heterocycles. The predicted molar refractivity (Wildman–Crippen MR) is 147 cm³/mol. The molecule has 3 heteroatoms. The van der Waals surface area contributed by atoms with E-state index in [0.29, 0.717) is 0 Å². The van der Waals surface area contributed by atoms with Crippen molar-refractivity contribution in [1.29, 1.82) is 0 Å². The predicted octanol–water partition coefficient (Wildman–Crippen LogP) is 8.71. The number of nitrogens with one attached hydrogen (secondary N) is 1. The van der Waals surface area contributed by atoms with Gasteiger partial charge in [-0.25, -0.2) is 0 Å². The standard InChI is InChI=1S/C32H23N3/c1-3-11-24(12-4-1)35(25-13-5-2-6-14-25)26-20-18-23(19-21-26)30-29-17-9-10-22-34(29)32-31(30)27-15-7-8-16-28(27)33-32/h1-22,33H. The molecule has 166 valence electrons. The molecule has 7 aromatic rings. The van der Waals surface area contributed by atoms with Crippen molar-refractivity contribution >= 4 is 44.5 Å². The van der Waals surface area contributed by atoms with Gasteiger partial charge in [0.25, 0.3) is 0 Å². The van der Waals surface area contributed by atoms with Crippen molar-refractivity contribution in [2.45, 2.75) is 0 Å². The zero-order valence-corrected chi connectivity index (χ0v) is 19.1. The molecular formula is C32H23N3. The Hall–Kier alpha value is -4.76. The van der Waals surface area contributed by atoms with Gasteiger partial charge in [0.05, 0.1) is 5.52 Å². The van der Waals surface area contributed by atoms with Crippen LogP contribution < -0.4 is 4.90 Å². The summed E-state index contributed by atoms with van der Waals surface area (Å²) >= 11 is 0. The summed E-state index contributed by atoms with van der Waals surface area (Å²) in [7, 11) is 0. The molecule has 0 fully saturated rings. The third-order valence-corrected chi connectivity index (χ3v) is 6.74. The van der Waals surface area contributed by atoms with E-state index in [1.807, 2.05) is 0 Å². The van der Waals surface area contributed by atoms with Gasteiger partial charge in [0.15, 0.2) is 0 Å². The zero-order valence-electron chi connectivity index (χ0n) is 19.1. The molecule has 35 heavy (non-hydrogen) atoms. The van der Waals surface area contributed by atoms with Gasteiger partial charge in [-0.15, -0.1) is 0 Å². The first-order chi connectivity index (χ1) is 17.4. The van der Waals surface area contributed by atoms with Crippen LogP contribution in [0.3, 0.4) is 0 Å². The number of rotatable bonds is 4. The van der Waals surface area contributed by atoms with E-state index >= 15 is 0 Å². The van der Waals surface area contributed by atoms with Crippen LogP contribution in [0.2, 0.25) is 0 Å². The molecule has 3 aromatic heterocycles. The summed E-state index contributed by atoms with van der Waals surface area (Å²) in [5.41, 5.74) is 9.37. The number of hydrogen-bond acceptors (Lipinski definition) is 1. The van der Waals surface area contributed by atoms with Gasteiger partial charge in [-0.05, 0) is 60.2 Å². The molecule has 7 rings (SSSR count). The number of para-hydroxylation sites is 3. The average molecular weight is 450 g/mol. The van der Waals surface area contributed by atoms with Gasteiger partial charge in [-0.2, -0.15) is 0 Å². The zero-order chi connectivity index (χ0) is 23.2. The van der Waals surface area contributed by atoms with E-state index in [-0.39, 0.29) is 0 Å². The minimum atomic E-state index is 1.13. The summed E-state index contributed by atoms with van der Waals surface area (Å²) < 4.78 is 2.26. The lowest BCUT2D eigenvalue weighted by Crippen LogP contribution is -2.09. The third-order valence-electron chi connectivity index (χ3n) is 6.74. The second-order valence-electron chi connectivity index (χ2n) is 8.78. The van der Waals surface area contributed by atoms with Crippen molar-refractivity contribution in [1.82, 2.24) is 9.38 Å². The Labute approximate surface area is 203 Å². The van der Waals surface area contributed by atoms with Crippen LogP contribution in [0.15, 0.2) is 134 Å². The molecular weight excluding hydrogens is 426 g/mol. The first-order valence-corrected chi connectivity index (χ1v) is 11.9. The van der Waals surface area contributed by atoms with E-state index in [2.05, 4.69) is 148 Å². The first-order valence-electron chi connectivity index (χ1n) is 11.9. The summed E-state index contributed by atoms with van der Waals surface area (Å²) in [6.45, 7) is 0. The molecule has 0 unspecified atom stereocenters. The highest BCUT2D eigenvalue weighted by atomic mass is 15.1. The van der Waals surface area contributed by atoms with Crippen molar-refractivity contribution in [3.8, 4) is 11.1 Å². The molecule has 0 bridgehead atoms. The highest BCUT2D eigenvalue weighted by Crippen LogP contribution is 2.41. The van der Waals surface area contributed by atoms with Crippen LogP contribution in [-0.4, -0.2) is 9.38 Å². The number of benzene rings is 4. The van der Waals surface area contributed by atoms with Gasteiger partial charge in [0, 0.05) is 45.1 Å². The number of aromatic nitrogens is 2. The summed E-state index contributed by atoms with van der Waals surface area (Å²) in [5.74, 6) is 0. The van der Waals surface area contributed by atoms with Crippen LogP contribution in [0, 0.1) is 0 Å². The molecule has 0 atom stereocenters. The number of pyridine rings is 1. The fourth-order valence-corrected chi connectivity index (χ4v) is 5.20. The van der Waals surface area contributed by atoms with Crippen LogP contribution in [0.1, 0.15) is 0 Å². The highest BCUT2D eigenvalue weighted by Gasteiger charge is 2.19. The van der Waals surface area contributed by atoms with Crippen LogP contribution in [0.4, 0.5) is 17.1 Å². The maximum Gasteiger partial charge on any atom is 0.123 e. The van der Waals surface area contributed by atoms with Gasteiger partial charge < -0.3 is 14.3 Å². The maximum atomic E-state index is 3.64. The number of nitrogens with zero attached hydrogens (tertiary/aromatic N) is 2. The molecule has 0 aliphatic heterocycles. The van der Waals surface area contributed by atoms with Crippen molar-refractivity contribution in [3.63, 3.8) is 0 Å². The Bertz CT molecular complexity index is 1730. The van der Waals surface area contributed by atoms with E-state index in [1.54, 1.807) is 0 Å². The minimum Gasteiger partial charge on any atom is -0.340 e. The van der Waals surface area contributed by atoms with Gasteiger partial charge in [-0.3, -0.25) is 0 Å². The van der Waals surface area contributed by atoms with Crippen molar-refractivity contribution in [2.75, 3.05) is 4.90 Å². The van der Waals surface area contributed by atoms with E-state index in [4.69, 9.17) is 0 Å². The van der Waals surface area contributed by atoms with E-state index < -0.39 is 0 Å². The topological polar surface area (TPSA) is 23.4 Å². The van der Waals surface area contributed by atoms with E-state index in [1.165, 1.54) is 27.4 Å². The number of aromatic amines is 1. The molecule has 0 saturated carbocycles. The molecule has 1 N–H and O–H groups in total. The Morgan fingerprint density at radius 3 is 1.86 bits per heavy atom. The van der Waals surface area contributed by atoms with Crippen molar-refractivity contribution in [3.05, 3.63) is 134 Å². The summed E-state index contributed by atoms with van der Waals surface area (Å²) in [6.07, 6.45) is 2.14. The molecule has 3 nitrogen and oxygen atoms in total. The van der Waals surface area contributed by atoms with Crippen molar-refractivity contribution in [2.24, 2.45) is 0 Å². The van der Waals surface area contributed by atoms with Gasteiger partial charge in [0.1, 0.15) is 5.65 Å². The van der Waals surface area contributed by atoms with Gasteiger partial charge >= 0.3 is 0 Å². The Kier molecular flexibility index (Phi) is 4.46. The molecule has 0 spiro atoms. The smallest absolute Gasteiger partial charge is 0.123 e. The molecule has 0 amide bonds. The molecule has 0 aliphatic rings. The number of H-pyrrole nitrogens is 1. The number of fused-ring (bicyclic) bond motifs is 5. The van der Waals surface area contributed by atoms with Crippen LogP contribution in [-0.2, 0) is 0 Å². The monoisotopic (exact) mass is 449 g/mol. The van der Waals surface area contributed by atoms with Crippen LogP contribution in [0.25, 0.3) is 38.6 Å². The summed E-state index contributed by atoms with van der Waals surface area (Å²) in [6, 6.07) is 44.9. The van der Waals surface area contributed by atoms with Crippen molar-refractivity contribution < 1.29 is 0 Å². The Morgan fingerprint density at radius 1 is 0.543 bits per heavy atom. The van der Waals surface area contributed by atoms with E-state index in [0.717, 1.165) is 28.2 Å². The van der Waals surface area contributed by atoms with Crippen LogP contribution >= 0.6 is 0 Å². The summed E-state index contributed by atoms with van der Waals surface area (Å²) in [4.78, 5) is 5.93. The number of anilines is 3. The second-order valence-corrected chi connectivity index (χ2v) is 8.78. The van der Waals surface area contributed by atoms with Gasteiger partial charge in [-0.1, -0.05) is 72.8 Å². The Morgan fingerprint density at radius 2 is 1.14 bits per heavy atom. The lowest BCUT2D eigenvalue weighted by Gasteiger charge is -2.25. The van der Waals surface area contributed by atoms with Gasteiger partial charge in [0.2, 0.25) is 0 Å². The first kappa shape index (κ1) is 19.7. The van der Waals surface area contributed by atoms with E-state index in [9.17, 15) is 0 Å². The molecule has 0 saturated heterocycles. The second kappa shape index (κ2) is 7.93. The normalized spacial score (nSPS) is 11.4. The molecule has 0 aliphatic carbocycles. The Balaban J connectivity index is 1.42. The lowest BCUT2D eigenvalue weighted by atomic mass is 10.0. The maximum absolute atomic E-state index is 3.64. The highest BCUT2D eigenvalue weighted by molar-refractivity contribution is 6.18. The largest absolute Gasteiger partial charge is 0.340 e. The fourth-order valence-electron chi connectivity index (χ4n) is 5.20. The lowest BCUT2D eigenvalue weighted by molar-refractivity contribution is 1.22. The quantitative estimate of drug-likeness (QED) is 0.285. The third kappa shape index (κ3) is 3.13. The minimum absolute atomic E-state index is 1.13. The average Bonchev–Trinajstić information content (AvgIpc) is 3.46. The fraction of sp³-hybridized carbons (Fsp3) is 0.